The fourth-order valence-corrected chi connectivity index (χ4v) is 3.87. The summed E-state index contributed by atoms with van der Waals surface area (Å²) in [5.74, 6) is -0.313. The molecule has 0 spiro atoms. The fourth-order valence-electron chi connectivity index (χ4n) is 3.87. The lowest BCUT2D eigenvalue weighted by atomic mass is 10.0. The lowest BCUT2D eigenvalue weighted by Crippen LogP contribution is -2.43. The third-order valence-electron chi connectivity index (χ3n) is 5.39. The Morgan fingerprint density at radius 3 is 2.63 bits per heavy atom. The van der Waals surface area contributed by atoms with Crippen LogP contribution in [0, 0.1) is 5.82 Å². The first-order chi connectivity index (χ1) is 14.7. The number of carbonyl (C=O) groups excluding carboxylic acids is 1. The van der Waals surface area contributed by atoms with Gasteiger partial charge >= 0.3 is 0 Å². The average Bonchev–Trinajstić information content (AvgIpc) is 3.15. The van der Waals surface area contributed by atoms with E-state index in [0.29, 0.717) is 25.3 Å². The molecule has 1 N–H and O–H groups in total. The van der Waals surface area contributed by atoms with Crippen molar-refractivity contribution in [1.82, 2.24) is 10.2 Å². The van der Waals surface area contributed by atoms with Crippen LogP contribution in [-0.2, 0) is 16.1 Å². The van der Waals surface area contributed by atoms with Crippen LogP contribution in [0.4, 0.5) is 4.39 Å². The van der Waals surface area contributed by atoms with E-state index < -0.39 is 0 Å². The lowest BCUT2D eigenvalue weighted by molar-refractivity contribution is 0.0161. The number of morpholine rings is 1. The van der Waals surface area contributed by atoms with Gasteiger partial charge in [0.25, 0.3) is 5.91 Å². The fraction of sp³-hybridized carbons (Fsp3) is 0.348. The SMILES string of the molecule is COCc1c(C(=O)NCC(c2ccc(F)cc2)N2CCOCC2)oc2ccccc12. The summed E-state index contributed by atoms with van der Waals surface area (Å²) in [6, 6.07) is 13.8. The number of methoxy groups -OCH3 is 1. The second-order valence-corrected chi connectivity index (χ2v) is 7.26. The number of fused-ring (bicyclic) bond motifs is 1. The van der Waals surface area contributed by atoms with Crippen LogP contribution in [0.1, 0.15) is 27.7 Å². The predicted octanol–water partition coefficient (Wildman–Crippen LogP) is 3.52. The van der Waals surface area contributed by atoms with Crippen molar-refractivity contribution in [2.75, 3.05) is 40.0 Å². The van der Waals surface area contributed by atoms with E-state index in [1.54, 1.807) is 19.2 Å². The van der Waals surface area contributed by atoms with Crippen molar-refractivity contribution in [3.05, 3.63) is 71.2 Å². The van der Waals surface area contributed by atoms with Crippen molar-refractivity contribution in [3.63, 3.8) is 0 Å². The molecule has 1 amide bonds. The maximum Gasteiger partial charge on any atom is 0.287 e. The molecule has 7 heteroatoms. The Morgan fingerprint density at radius 2 is 1.90 bits per heavy atom. The number of carbonyl (C=O) groups is 1. The van der Waals surface area contributed by atoms with Gasteiger partial charge in [-0.2, -0.15) is 0 Å². The molecule has 1 aliphatic heterocycles. The Kier molecular flexibility index (Phi) is 6.42. The Hall–Kier alpha value is -2.74. The van der Waals surface area contributed by atoms with Gasteiger partial charge in [-0.05, 0) is 23.8 Å². The van der Waals surface area contributed by atoms with Gasteiger partial charge in [0.15, 0.2) is 5.76 Å². The molecule has 2 aromatic carbocycles. The van der Waals surface area contributed by atoms with E-state index in [0.717, 1.165) is 29.6 Å². The van der Waals surface area contributed by atoms with E-state index in [1.165, 1.54) is 12.1 Å². The lowest BCUT2D eigenvalue weighted by Gasteiger charge is -2.34. The van der Waals surface area contributed by atoms with Gasteiger partial charge < -0.3 is 19.2 Å². The van der Waals surface area contributed by atoms with Crippen molar-refractivity contribution < 1.29 is 23.1 Å². The van der Waals surface area contributed by atoms with Crippen LogP contribution in [0.3, 0.4) is 0 Å². The second-order valence-electron chi connectivity index (χ2n) is 7.26. The topological polar surface area (TPSA) is 63.9 Å². The van der Waals surface area contributed by atoms with Crippen molar-refractivity contribution in [2.24, 2.45) is 0 Å². The number of rotatable bonds is 7. The van der Waals surface area contributed by atoms with Gasteiger partial charge in [0, 0.05) is 37.7 Å². The Balaban J connectivity index is 1.56. The number of halogens is 1. The van der Waals surface area contributed by atoms with E-state index in [-0.39, 0.29) is 30.1 Å². The van der Waals surface area contributed by atoms with E-state index >= 15 is 0 Å². The van der Waals surface area contributed by atoms with Gasteiger partial charge in [0.1, 0.15) is 11.4 Å². The molecule has 0 radical (unpaired) electrons. The van der Waals surface area contributed by atoms with Crippen molar-refractivity contribution >= 4 is 16.9 Å². The number of ether oxygens (including phenoxy) is 2. The third kappa shape index (κ3) is 4.38. The minimum atomic E-state index is -0.293. The van der Waals surface area contributed by atoms with Crippen molar-refractivity contribution in [3.8, 4) is 0 Å². The molecule has 1 unspecified atom stereocenters. The number of amides is 1. The van der Waals surface area contributed by atoms with E-state index in [9.17, 15) is 9.18 Å². The highest BCUT2D eigenvalue weighted by Gasteiger charge is 2.25. The molecule has 0 saturated carbocycles. The number of hydrogen-bond acceptors (Lipinski definition) is 5. The molecule has 1 fully saturated rings. The number of nitrogens with zero attached hydrogens (tertiary/aromatic N) is 1. The number of hydrogen-bond donors (Lipinski definition) is 1. The summed E-state index contributed by atoms with van der Waals surface area (Å²) in [5, 5.41) is 3.87. The Bertz CT molecular complexity index is 996. The molecule has 1 saturated heterocycles. The molecule has 158 valence electrons. The van der Waals surface area contributed by atoms with Gasteiger partial charge in [-0.15, -0.1) is 0 Å². The molecule has 4 rings (SSSR count). The van der Waals surface area contributed by atoms with Gasteiger partial charge in [-0.1, -0.05) is 30.3 Å². The summed E-state index contributed by atoms with van der Waals surface area (Å²) < 4.78 is 30.0. The minimum Gasteiger partial charge on any atom is -0.451 e. The van der Waals surface area contributed by atoms with Crippen LogP contribution >= 0.6 is 0 Å². The largest absolute Gasteiger partial charge is 0.451 e. The second kappa shape index (κ2) is 9.38. The first kappa shape index (κ1) is 20.5. The van der Waals surface area contributed by atoms with Crippen LogP contribution in [-0.4, -0.2) is 50.8 Å². The molecule has 0 bridgehead atoms. The normalized spacial score (nSPS) is 15.9. The van der Waals surface area contributed by atoms with Gasteiger partial charge in [0.2, 0.25) is 0 Å². The Morgan fingerprint density at radius 1 is 1.17 bits per heavy atom. The quantitative estimate of drug-likeness (QED) is 0.643. The van der Waals surface area contributed by atoms with Crippen molar-refractivity contribution in [2.45, 2.75) is 12.6 Å². The van der Waals surface area contributed by atoms with Crippen LogP contribution in [0.25, 0.3) is 11.0 Å². The maximum absolute atomic E-state index is 13.4. The maximum atomic E-state index is 13.4. The minimum absolute atomic E-state index is 0.0892. The summed E-state index contributed by atoms with van der Waals surface area (Å²) in [4.78, 5) is 15.3. The highest BCUT2D eigenvalue weighted by molar-refractivity contribution is 5.99. The van der Waals surface area contributed by atoms with Gasteiger partial charge in [-0.25, -0.2) is 4.39 Å². The van der Waals surface area contributed by atoms with Crippen molar-refractivity contribution in [1.29, 1.82) is 0 Å². The van der Waals surface area contributed by atoms with Crippen LogP contribution in [0.5, 0.6) is 0 Å². The zero-order valence-corrected chi connectivity index (χ0v) is 16.9. The molecule has 1 aromatic heterocycles. The standard InChI is InChI=1S/C23H25FN2O4/c1-28-15-19-18-4-2-3-5-21(18)30-22(19)23(27)25-14-20(26-10-12-29-13-11-26)16-6-8-17(24)9-7-16/h2-9,20H,10-15H2,1H3,(H,25,27). The first-order valence-electron chi connectivity index (χ1n) is 10.0. The van der Waals surface area contributed by atoms with Gasteiger partial charge in [0.05, 0.1) is 25.9 Å². The third-order valence-corrected chi connectivity index (χ3v) is 5.39. The molecule has 1 aliphatic rings. The summed E-state index contributed by atoms with van der Waals surface area (Å²) in [7, 11) is 1.59. The monoisotopic (exact) mass is 412 g/mol. The summed E-state index contributed by atoms with van der Waals surface area (Å²) >= 11 is 0. The smallest absolute Gasteiger partial charge is 0.287 e. The highest BCUT2D eigenvalue weighted by Crippen LogP contribution is 2.27. The molecule has 2 heterocycles. The zero-order chi connectivity index (χ0) is 20.9. The molecule has 3 aromatic rings. The van der Waals surface area contributed by atoms with Crippen LogP contribution < -0.4 is 5.32 Å². The molecule has 6 nitrogen and oxygen atoms in total. The zero-order valence-electron chi connectivity index (χ0n) is 16.9. The first-order valence-corrected chi connectivity index (χ1v) is 10.0. The van der Waals surface area contributed by atoms with Crippen LogP contribution in [0.2, 0.25) is 0 Å². The predicted molar refractivity (Wildman–Crippen MR) is 111 cm³/mol. The molecule has 0 aliphatic carbocycles. The summed E-state index contributed by atoms with van der Waals surface area (Å²) in [6.07, 6.45) is 0. The van der Waals surface area contributed by atoms with E-state index in [4.69, 9.17) is 13.9 Å². The number of furan rings is 1. The Labute approximate surface area is 174 Å². The summed E-state index contributed by atoms with van der Waals surface area (Å²) in [6.45, 7) is 3.41. The van der Waals surface area contributed by atoms with Gasteiger partial charge in [-0.3, -0.25) is 9.69 Å². The number of benzene rings is 2. The molecule has 30 heavy (non-hydrogen) atoms. The van der Waals surface area contributed by atoms with E-state index in [1.807, 2.05) is 24.3 Å². The molecular formula is C23H25FN2O4. The highest BCUT2D eigenvalue weighted by atomic mass is 19.1. The van der Waals surface area contributed by atoms with E-state index in [2.05, 4.69) is 10.2 Å². The number of para-hydroxylation sites is 1. The molecular weight excluding hydrogens is 387 g/mol. The molecule has 1 atom stereocenters. The number of nitrogens with one attached hydrogen (secondary N) is 1. The summed E-state index contributed by atoms with van der Waals surface area (Å²) in [5.41, 5.74) is 2.33. The average molecular weight is 412 g/mol. The van der Waals surface area contributed by atoms with Crippen LogP contribution in [0.15, 0.2) is 52.9 Å².